The monoisotopic (exact) mass is 463 g/mol. The third kappa shape index (κ3) is 7.05. The molecule has 1 saturated heterocycles. The first-order valence-corrected chi connectivity index (χ1v) is 12.3. The van der Waals surface area contributed by atoms with Crippen molar-refractivity contribution in [3.63, 3.8) is 0 Å². The summed E-state index contributed by atoms with van der Waals surface area (Å²) in [6.45, 7) is 3.13. The van der Waals surface area contributed by atoms with Crippen LogP contribution in [0.1, 0.15) is 5.56 Å². The van der Waals surface area contributed by atoms with Crippen molar-refractivity contribution in [3.05, 3.63) is 54.2 Å². The Morgan fingerprint density at radius 2 is 1.77 bits per heavy atom. The fraction of sp³-hybridized carbons (Fsp3) is 0.429. The molecule has 3 rings (SSSR count). The number of hydrogen-bond donors (Lipinski definition) is 2. The SMILES string of the molecule is COc1ccc(CCNC(=S)NCCS(=O)(=O)N2CCN(c3ccccn3)CC2)cc1. The van der Waals surface area contributed by atoms with Gasteiger partial charge in [-0.3, -0.25) is 0 Å². The second-order valence-corrected chi connectivity index (χ2v) is 9.67. The molecule has 10 heteroatoms. The Balaban J connectivity index is 1.34. The molecule has 0 atom stereocenters. The predicted octanol–water partition coefficient (Wildman–Crippen LogP) is 1.25. The number of hydrogen-bond acceptors (Lipinski definition) is 6. The van der Waals surface area contributed by atoms with Crippen LogP contribution >= 0.6 is 12.2 Å². The summed E-state index contributed by atoms with van der Waals surface area (Å²) in [5.74, 6) is 1.72. The van der Waals surface area contributed by atoms with Crippen LogP contribution in [0.5, 0.6) is 5.75 Å². The van der Waals surface area contributed by atoms with Crippen molar-refractivity contribution in [2.45, 2.75) is 6.42 Å². The lowest BCUT2D eigenvalue weighted by Crippen LogP contribution is -2.50. The normalized spacial score (nSPS) is 14.8. The number of anilines is 1. The van der Waals surface area contributed by atoms with Crippen LogP contribution in [0.4, 0.5) is 5.82 Å². The van der Waals surface area contributed by atoms with Gasteiger partial charge in [0, 0.05) is 45.5 Å². The number of methoxy groups -OCH3 is 1. The van der Waals surface area contributed by atoms with Gasteiger partial charge in [0.2, 0.25) is 10.0 Å². The van der Waals surface area contributed by atoms with Gasteiger partial charge in [-0.2, -0.15) is 4.31 Å². The van der Waals surface area contributed by atoms with E-state index in [1.807, 2.05) is 42.5 Å². The average Bonchev–Trinajstić information content (AvgIpc) is 2.80. The Morgan fingerprint density at radius 3 is 2.42 bits per heavy atom. The number of nitrogens with zero attached hydrogens (tertiary/aromatic N) is 3. The number of benzene rings is 1. The second-order valence-electron chi connectivity index (χ2n) is 7.17. The van der Waals surface area contributed by atoms with Crippen LogP contribution in [0, 0.1) is 0 Å². The van der Waals surface area contributed by atoms with Crippen molar-refractivity contribution in [2.75, 3.05) is 57.0 Å². The molecule has 1 aromatic heterocycles. The molecule has 0 radical (unpaired) electrons. The zero-order chi connectivity index (χ0) is 22.1. The van der Waals surface area contributed by atoms with Crippen LogP contribution in [-0.4, -0.2) is 75.0 Å². The van der Waals surface area contributed by atoms with Gasteiger partial charge >= 0.3 is 0 Å². The molecule has 1 fully saturated rings. The van der Waals surface area contributed by atoms with Crippen LogP contribution < -0.4 is 20.3 Å². The van der Waals surface area contributed by atoms with E-state index in [1.54, 1.807) is 17.6 Å². The molecule has 1 aliphatic rings. The Kier molecular flexibility index (Phi) is 8.44. The maximum atomic E-state index is 12.6. The second kappa shape index (κ2) is 11.3. The molecule has 0 unspecified atom stereocenters. The van der Waals surface area contributed by atoms with E-state index in [0.29, 0.717) is 37.8 Å². The summed E-state index contributed by atoms with van der Waals surface area (Å²) >= 11 is 5.26. The van der Waals surface area contributed by atoms with Gasteiger partial charge in [-0.15, -0.1) is 0 Å². The molecule has 2 aromatic rings. The quantitative estimate of drug-likeness (QED) is 0.538. The molecule has 2 heterocycles. The number of nitrogens with one attached hydrogen (secondary N) is 2. The van der Waals surface area contributed by atoms with Crippen molar-refractivity contribution in [1.82, 2.24) is 19.9 Å². The van der Waals surface area contributed by atoms with Crippen molar-refractivity contribution in [1.29, 1.82) is 0 Å². The molecule has 1 aliphatic heterocycles. The average molecular weight is 464 g/mol. The van der Waals surface area contributed by atoms with E-state index >= 15 is 0 Å². The van der Waals surface area contributed by atoms with Crippen LogP contribution in [0.15, 0.2) is 48.7 Å². The summed E-state index contributed by atoms with van der Waals surface area (Å²) in [7, 11) is -1.69. The molecule has 2 N–H and O–H groups in total. The number of piperazine rings is 1. The predicted molar refractivity (Wildman–Crippen MR) is 127 cm³/mol. The van der Waals surface area contributed by atoms with Crippen LogP contribution in [-0.2, 0) is 16.4 Å². The number of sulfonamides is 1. The largest absolute Gasteiger partial charge is 0.497 e. The fourth-order valence-electron chi connectivity index (χ4n) is 3.33. The highest BCUT2D eigenvalue weighted by molar-refractivity contribution is 7.89. The summed E-state index contributed by atoms with van der Waals surface area (Å²) in [6.07, 6.45) is 2.56. The first kappa shape index (κ1) is 23.2. The van der Waals surface area contributed by atoms with Gasteiger partial charge in [-0.05, 0) is 48.5 Å². The number of ether oxygens (including phenoxy) is 1. The minimum absolute atomic E-state index is 0.0108. The van der Waals surface area contributed by atoms with E-state index in [2.05, 4.69) is 20.5 Å². The molecule has 0 saturated carbocycles. The molecule has 31 heavy (non-hydrogen) atoms. The third-order valence-corrected chi connectivity index (χ3v) is 7.27. The lowest BCUT2D eigenvalue weighted by atomic mass is 10.1. The Bertz CT molecular complexity index is 931. The molecule has 0 amide bonds. The Morgan fingerprint density at radius 1 is 1.06 bits per heavy atom. The zero-order valence-corrected chi connectivity index (χ0v) is 19.3. The van der Waals surface area contributed by atoms with Gasteiger partial charge in [0.05, 0.1) is 12.9 Å². The van der Waals surface area contributed by atoms with E-state index in [0.717, 1.165) is 18.0 Å². The minimum atomic E-state index is -3.33. The van der Waals surface area contributed by atoms with Crippen LogP contribution in [0.25, 0.3) is 0 Å². The first-order valence-electron chi connectivity index (χ1n) is 10.3. The van der Waals surface area contributed by atoms with Crippen LogP contribution in [0.3, 0.4) is 0 Å². The van der Waals surface area contributed by atoms with Gasteiger partial charge < -0.3 is 20.3 Å². The summed E-state index contributed by atoms with van der Waals surface area (Å²) < 4.78 is 32.0. The number of pyridine rings is 1. The van der Waals surface area contributed by atoms with Gasteiger partial charge in [0.1, 0.15) is 11.6 Å². The molecule has 0 aliphatic carbocycles. The van der Waals surface area contributed by atoms with E-state index < -0.39 is 10.0 Å². The molecule has 0 bridgehead atoms. The highest BCUT2D eigenvalue weighted by Gasteiger charge is 2.27. The maximum absolute atomic E-state index is 12.6. The minimum Gasteiger partial charge on any atom is -0.497 e. The summed E-state index contributed by atoms with van der Waals surface area (Å²) in [5.41, 5.74) is 1.17. The Hall–Kier alpha value is -2.43. The lowest BCUT2D eigenvalue weighted by Gasteiger charge is -2.34. The highest BCUT2D eigenvalue weighted by Crippen LogP contribution is 2.14. The van der Waals surface area contributed by atoms with Gasteiger partial charge in [0.15, 0.2) is 5.11 Å². The molecule has 0 spiro atoms. The smallest absolute Gasteiger partial charge is 0.215 e. The molecule has 168 valence electrons. The van der Waals surface area contributed by atoms with E-state index in [-0.39, 0.29) is 12.3 Å². The van der Waals surface area contributed by atoms with Crippen molar-refractivity contribution in [3.8, 4) is 5.75 Å². The van der Waals surface area contributed by atoms with Gasteiger partial charge in [-0.1, -0.05) is 18.2 Å². The van der Waals surface area contributed by atoms with E-state index in [4.69, 9.17) is 17.0 Å². The highest BCUT2D eigenvalue weighted by atomic mass is 32.2. The van der Waals surface area contributed by atoms with E-state index in [9.17, 15) is 8.42 Å². The topological polar surface area (TPSA) is 86.8 Å². The van der Waals surface area contributed by atoms with Gasteiger partial charge in [-0.25, -0.2) is 13.4 Å². The van der Waals surface area contributed by atoms with E-state index in [1.165, 1.54) is 5.56 Å². The molecular formula is C21H29N5O3S2. The number of thiocarbonyl (C=S) groups is 1. The number of rotatable bonds is 9. The first-order chi connectivity index (χ1) is 15.0. The third-order valence-electron chi connectivity index (χ3n) is 5.11. The Labute approximate surface area is 189 Å². The summed E-state index contributed by atoms with van der Waals surface area (Å²) in [4.78, 5) is 6.43. The fourth-order valence-corrected chi connectivity index (χ4v) is 4.88. The molecular weight excluding hydrogens is 434 g/mol. The molecule has 8 nitrogen and oxygen atoms in total. The lowest BCUT2D eigenvalue weighted by molar-refractivity contribution is 0.384. The van der Waals surface area contributed by atoms with Crippen molar-refractivity contribution >= 4 is 33.2 Å². The van der Waals surface area contributed by atoms with Crippen molar-refractivity contribution < 1.29 is 13.2 Å². The summed E-state index contributed by atoms with van der Waals surface area (Å²) in [5, 5.41) is 6.57. The molecule has 1 aromatic carbocycles. The zero-order valence-electron chi connectivity index (χ0n) is 17.7. The van der Waals surface area contributed by atoms with Gasteiger partial charge in [0.25, 0.3) is 0 Å². The van der Waals surface area contributed by atoms with Crippen molar-refractivity contribution in [2.24, 2.45) is 0 Å². The number of aromatic nitrogens is 1. The maximum Gasteiger partial charge on any atom is 0.215 e. The summed E-state index contributed by atoms with van der Waals surface area (Å²) in [6, 6.07) is 13.6. The van der Waals surface area contributed by atoms with Crippen LogP contribution in [0.2, 0.25) is 0 Å². The standard InChI is InChI=1S/C21H29N5O3S2/c1-29-19-7-5-18(6-8-19)9-11-23-21(30)24-12-17-31(27,28)26-15-13-25(14-16-26)20-4-2-3-10-22-20/h2-8,10H,9,11-17H2,1H3,(H2,23,24,30).